The molecule has 2 N–H and O–H groups in total. The third kappa shape index (κ3) is 5.26. The third-order valence-electron chi connectivity index (χ3n) is 7.35. The molecule has 1 atom stereocenters. The molecule has 3 saturated heterocycles. The summed E-state index contributed by atoms with van der Waals surface area (Å²) in [6.07, 6.45) is 5.29. The highest BCUT2D eigenvalue weighted by Crippen LogP contribution is 2.44. The smallest absolute Gasteiger partial charge is 0.245 e. The zero-order valence-electron chi connectivity index (χ0n) is 21.3. The Morgan fingerprint density at radius 3 is 2.62 bits per heavy atom. The first kappa shape index (κ1) is 25.1. The van der Waals surface area contributed by atoms with Gasteiger partial charge in [0.1, 0.15) is 18.0 Å². The fourth-order valence-electron chi connectivity index (χ4n) is 5.19. The summed E-state index contributed by atoms with van der Waals surface area (Å²) in [4.78, 5) is 19.6. The maximum absolute atomic E-state index is 10.8. The van der Waals surface area contributed by atoms with E-state index in [-0.39, 0.29) is 12.0 Å². The van der Waals surface area contributed by atoms with E-state index in [9.17, 15) is 10.1 Å². The van der Waals surface area contributed by atoms with Crippen LogP contribution >= 0.6 is 0 Å². The number of anilines is 3. The normalized spacial score (nSPS) is 20.5. The van der Waals surface area contributed by atoms with E-state index >= 15 is 0 Å². The number of nitrogens with one attached hydrogen (secondary N) is 2. The van der Waals surface area contributed by atoms with E-state index in [0.717, 1.165) is 93.6 Å². The molecule has 0 aliphatic carbocycles. The second kappa shape index (κ2) is 11.2. The van der Waals surface area contributed by atoms with Crippen molar-refractivity contribution in [1.82, 2.24) is 15.2 Å². The number of hydrogen-bond acceptors (Lipinski definition) is 8. The van der Waals surface area contributed by atoms with Crippen LogP contribution in [-0.2, 0) is 9.53 Å². The van der Waals surface area contributed by atoms with Gasteiger partial charge in [-0.05, 0) is 49.6 Å². The number of rotatable bonds is 3. The molecule has 4 aliphatic heterocycles. The second-order valence-electron chi connectivity index (χ2n) is 9.73. The lowest BCUT2D eigenvalue weighted by Gasteiger charge is -2.31. The van der Waals surface area contributed by atoms with Crippen LogP contribution in [0, 0.1) is 11.3 Å². The molecule has 6 rings (SSSR count). The van der Waals surface area contributed by atoms with Gasteiger partial charge in [0.15, 0.2) is 5.75 Å². The Labute approximate surface area is 218 Å². The van der Waals surface area contributed by atoms with Crippen LogP contribution in [0.1, 0.15) is 48.5 Å². The van der Waals surface area contributed by atoms with Crippen LogP contribution in [-0.4, -0.2) is 68.3 Å². The number of benzene rings is 1. The Hall–Kier alpha value is -3.61. The Morgan fingerprint density at radius 2 is 1.97 bits per heavy atom. The summed E-state index contributed by atoms with van der Waals surface area (Å²) in [5.74, 6) is 1.92. The number of pyridine rings is 1. The number of carbonyl (C=O) groups excluding carboxylic acids is 1. The molecule has 5 heterocycles. The van der Waals surface area contributed by atoms with E-state index in [1.165, 1.54) is 6.08 Å². The van der Waals surface area contributed by atoms with Crippen LogP contribution < -0.4 is 20.3 Å². The number of carbonyl (C=O) groups is 1. The highest BCUT2D eigenvalue weighted by atomic mass is 16.5. The standard InChI is InChI=1S/C21H23N5O2.C7H11NO/c1-13-19-18(26-4-6-27-7-5-26)2-3-24-21(19)25-17-9-14(16-11-23-12-16)8-15(10-22)20(17)28-13;1-2-7(9)8-5-3-4-6-8/h2-3,8-9,13,16,23H,4-7,11-12H2,1H3,(H,24,25);2H,1,3-6H2/t13-;/m1./s1. The minimum absolute atomic E-state index is 0.0764. The third-order valence-corrected chi connectivity index (χ3v) is 7.35. The first-order chi connectivity index (χ1) is 18.1. The molecule has 1 aromatic carbocycles. The maximum Gasteiger partial charge on any atom is 0.245 e. The fourth-order valence-corrected chi connectivity index (χ4v) is 5.19. The number of hydrogen-bond donors (Lipinski definition) is 2. The molecule has 2 aromatic rings. The van der Waals surface area contributed by atoms with Crippen molar-refractivity contribution in [3.8, 4) is 11.8 Å². The Morgan fingerprint density at radius 1 is 1.22 bits per heavy atom. The average Bonchev–Trinajstić information content (AvgIpc) is 3.39. The first-order valence-corrected chi connectivity index (χ1v) is 13.0. The quantitative estimate of drug-likeness (QED) is 0.615. The molecule has 3 fully saturated rings. The lowest BCUT2D eigenvalue weighted by atomic mass is 9.91. The lowest BCUT2D eigenvalue weighted by Crippen LogP contribution is -2.39. The largest absolute Gasteiger partial charge is 0.482 e. The SMILES string of the molecule is C=CC(=O)N1CCCC1.C[C@H]1Oc2c(C#N)cc(C3CNC3)cc2Nc2nccc(N3CCOCC3)c21. The molecule has 37 heavy (non-hydrogen) atoms. The molecule has 0 spiro atoms. The van der Waals surface area contributed by atoms with Gasteiger partial charge in [0.2, 0.25) is 5.91 Å². The van der Waals surface area contributed by atoms with Crippen LogP contribution in [0.4, 0.5) is 17.2 Å². The molecule has 0 saturated carbocycles. The molecule has 0 unspecified atom stereocenters. The predicted octanol–water partition coefficient (Wildman–Crippen LogP) is 3.47. The number of likely N-dealkylation sites (tertiary alicyclic amines) is 1. The average molecular weight is 503 g/mol. The Bertz CT molecular complexity index is 1190. The van der Waals surface area contributed by atoms with Crippen molar-refractivity contribution >= 4 is 23.1 Å². The summed E-state index contributed by atoms with van der Waals surface area (Å²) in [5.41, 5.74) is 4.68. The Kier molecular flexibility index (Phi) is 7.58. The summed E-state index contributed by atoms with van der Waals surface area (Å²) in [5, 5.41) is 16.5. The van der Waals surface area contributed by atoms with Crippen LogP contribution in [0.2, 0.25) is 0 Å². The number of aromatic nitrogens is 1. The molecular formula is C28H34N6O3. The number of nitriles is 1. The second-order valence-corrected chi connectivity index (χ2v) is 9.73. The fraction of sp³-hybridized carbons (Fsp3) is 0.464. The van der Waals surface area contributed by atoms with Crippen molar-refractivity contribution < 1.29 is 14.3 Å². The van der Waals surface area contributed by atoms with Gasteiger partial charge in [0, 0.05) is 57.1 Å². The van der Waals surface area contributed by atoms with Crippen LogP contribution in [0.3, 0.4) is 0 Å². The number of nitrogens with zero attached hydrogens (tertiary/aromatic N) is 4. The van der Waals surface area contributed by atoms with Gasteiger partial charge in [-0.25, -0.2) is 4.98 Å². The lowest BCUT2D eigenvalue weighted by molar-refractivity contribution is -0.124. The summed E-state index contributed by atoms with van der Waals surface area (Å²) in [6, 6.07) is 8.43. The van der Waals surface area contributed by atoms with Crippen molar-refractivity contribution in [1.29, 1.82) is 5.26 Å². The zero-order valence-corrected chi connectivity index (χ0v) is 21.3. The minimum Gasteiger partial charge on any atom is -0.482 e. The molecule has 9 nitrogen and oxygen atoms in total. The van der Waals surface area contributed by atoms with Crippen molar-refractivity contribution in [2.24, 2.45) is 0 Å². The van der Waals surface area contributed by atoms with Crippen LogP contribution in [0.15, 0.2) is 37.1 Å². The maximum atomic E-state index is 10.8. The van der Waals surface area contributed by atoms with E-state index in [4.69, 9.17) is 9.47 Å². The predicted molar refractivity (Wildman–Crippen MR) is 142 cm³/mol. The van der Waals surface area contributed by atoms with Gasteiger partial charge in [-0.2, -0.15) is 5.26 Å². The van der Waals surface area contributed by atoms with Gasteiger partial charge >= 0.3 is 0 Å². The van der Waals surface area contributed by atoms with Crippen molar-refractivity contribution in [2.45, 2.75) is 31.8 Å². The summed E-state index contributed by atoms with van der Waals surface area (Å²) in [7, 11) is 0. The van der Waals surface area contributed by atoms with Gasteiger partial charge in [0.25, 0.3) is 0 Å². The molecule has 0 bridgehead atoms. The van der Waals surface area contributed by atoms with Crippen molar-refractivity contribution in [3.63, 3.8) is 0 Å². The highest BCUT2D eigenvalue weighted by molar-refractivity contribution is 5.87. The molecule has 1 aromatic heterocycles. The van der Waals surface area contributed by atoms with Gasteiger partial charge in [-0.1, -0.05) is 6.58 Å². The zero-order chi connectivity index (χ0) is 25.8. The number of amides is 1. The van der Waals surface area contributed by atoms with Crippen molar-refractivity contribution in [3.05, 3.63) is 53.7 Å². The van der Waals surface area contributed by atoms with E-state index in [0.29, 0.717) is 17.2 Å². The number of ether oxygens (including phenoxy) is 2. The minimum atomic E-state index is -0.224. The van der Waals surface area contributed by atoms with Gasteiger partial charge in [-0.15, -0.1) is 0 Å². The highest BCUT2D eigenvalue weighted by Gasteiger charge is 2.30. The summed E-state index contributed by atoms with van der Waals surface area (Å²) >= 11 is 0. The molecule has 194 valence electrons. The van der Waals surface area contributed by atoms with Gasteiger partial charge in [0.05, 0.1) is 30.0 Å². The van der Waals surface area contributed by atoms with Gasteiger partial charge in [-0.3, -0.25) is 4.79 Å². The Balaban J connectivity index is 0.000000265. The van der Waals surface area contributed by atoms with E-state index < -0.39 is 0 Å². The monoisotopic (exact) mass is 502 g/mol. The van der Waals surface area contributed by atoms with Crippen LogP contribution in [0.5, 0.6) is 5.75 Å². The first-order valence-electron chi connectivity index (χ1n) is 13.0. The topological polar surface area (TPSA) is 103 Å². The summed E-state index contributed by atoms with van der Waals surface area (Å²) in [6.45, 7) is 12.3. The van der Waals surface area contributed by atoms with E-state index in [1.807, 2.05) is 30.2 Å². The molecule has 9 heteroatoms. The summed E-state index contributed by atoms with van der Waals surface area (Å²) < 4.78 is 11.8. The molecule has 4 aliphatic rings. The van der Waals surface area contributed by atoms with Crippen molar-refractivity contribution in [2.75, 3.05) is 62.7 Å². The number of morpholine rings is 1. The van der Waals surface area contributed by atoms with E-state index in [1.54, 1.807) is 0 Å². The van der Waals surface area contributed by atoms with E-state index in [2.05, 4.69) is 39.2 Å². The molecular weight excluding hydrogens is 468 g/mol. The van der Waals surface area contributed by atoms with Crippen LogP contribution in [0.25, 0.3) is 0 Å². The number of fused-ring (bicyclic) bond motifs is 2. The molecule has 0 radical (unpaired) electrons. The van der Waals surface area contributed by atoms with Gasteiger partial charge < -0.3 is 29.9 Å². The molecule has 1 amide bonds.